The number of hydrogen-bond acceptors (Lipinski definition) is 5. The molecule has 2 aromatic heterocycles. The molecule has 1 unspecified atom stereocenters. The molecule has 1 aliphatic heterocycles. The van der Waals surface area contributed by atoms with Crippen molar-refractivity contribution in [1.82, 2.24) is 14.5 Å². The van der Waals surface area contributed by atoms with Gasteiger partial charge in [-0.2, -0.15) is 0 Å². The van der Waals surface area contributed by atoms with E-state index in [2.05, 4.69) is 20.3 Å². The number of amides is 1. The predicted octanol–water partition coefficient (Wildman–Crippen LogP) is 2.48. The lowest BCUT2D eigenvalue weighted by Gasteiger charge is -2.13. The van der Waals surface area contributed by atoms with Crippen molar-refractivity contribution < 1.29 is 9.53 Å². The van der Waals surface area contributed by atoms with E-state index in [-0.39, 0.29) is 11.5 Å². The molecule has 3 heterocycles. The van der Waals surface area contributed by atoms with Gasteiger partial charge in [0.25, 0.3) is 11.5 Å². The smallest absolute Gasteiger partial charge is 0.253 e. The lowest BCUT2D eigenvalue weighted by molar-refractivity contribution is -0.117. The van der Waals surface area contributed by atoms with Gasteiger partial charge in [-0.15, -0.1) is 0 Å². The predicted molar refractivity (Wildman–Crippen MR) is 105 cm³/mol. The summed E-state index contributed by atoms with van der Waals surface area (Å²) in [6.07, 6.45) is 6.68. The third kappa shape index (κ3) is 3.85. The summed E-state index contributed by atoms with van der Waals surface area (Å²) in [4.78, 5) is 35.9. The van der Waals surface area contributed by atoms with Gasteiger partial charge in [0.1, 0.15) is 17.4 Å². The molecule has 8 nitrogen and oxygen atoms in total. The van der Waals surface area contributed by atoms with Crippen molar-refractivity contribution in [2.45, 2.75) is 18.9 Å². The molecule has 1 aromatic carbocycles. The lowest BCUT2D eigenvalue weighted by Crippen LogP contribution is -2.31. The van der Waals surface area contributed by atoms with Gasteiger partial charge in [0.05, 0.1) is 6.61 Å². The van der Waals surface area contributed by atoms with Gasteiger partial charge in [0, 0.05) is 36.8 Å². The summed E-state index contributed by atoms with van der Waals surface area (Å²) in [6.45, 7) is 0.574. The number of aliphatic imine (C=N–C) groups is 1. The number of anilines is 1. The number of H-pyrrole nitrogens is 1. The molecule has 1 amide bonds. The summed E-state index contributed by atoms with van der Waals surface area (Å²) in [6, 6.07) is 11.1. The number of fused-ring (bicyclic) bond motifs is 1. The summed E-state index contributed by atoms with van der Waals surface area (Å²) in [7, 11) is 0. The van der Waals surface area contributed by atoms with Crippen molar-refractivity contribution in [2.24, 2.45) is 4.99 Å². The van der Waals surface area contributed by atoms with Crippen LogP contribution >= 0.6 is 0 Å². The molecular formula is C20H19N5O3. The number of benzene rings is 1. The van der Waals surface area contributed by atoms with Crippen LogP contribution in [0.25, 0.3) is 0 Å². The van der Waals surface area contributed by atoms with E-state index in [1.165, 1.54) is 16.8 Å². The molecule has 0 bridgehead atoms. The fraction of sp³-hybridized carbons (Fsp3) is 0.200. The highest BCUT2D eigenvalue weighted by molar-refractivity contribution is 6.05. The number of ether oxygens (including phenoxy) is 1. The molecule has 4 rings (SSSR count). The first-order chi connectivity index (χ1) is 13.7. The fourth-order valence-electron chi connectivity index (χ4n) is 2.99. The number of rotatable bonds is 7. The van der Waals surface area contributed by atoms with Gasteiger partial charge in [-0.25, -0.2) is 9.98 Å². The molecule has 3 aromatic rings. The Morgan fingerprint density at radius 3 is 2.86 bits per heavy atom. The highest BCUT2D eigenvalue weighted by Gasteiger charge is 2.25. The quantitative estimate of drug-likeness (QED) is 0.618. The zero-order chi connectivity index (χ0) is 19.3. The molecular weight excluding hydrogens is 358 g/mol. The Balaban J connectivity index is 1.31. The van der Waals surface area contributed by atoms with Crippen molar-refractivity contribution in [2.75, 3.05) is 11.9 Å². The fourth-order valence-corrected chi connectivity index (χ4v) is 2.99. The Labute approximate surface area is 160 Å². The molecule has 0 saturated heterocycles. The molecule has 0 fully saturated rings. The second-order valence-electron chi connectivity index (χ2n) is 6.32. The third-order valence-electron chi connectivity index (χ3n) is 4.37. The van der Waals surface area contributed by atoms with Crippen LogP contribution in [0.2, 0.25) is 0 Å². The first-order valence-electron chi connectivity index (χ1n) is 8.98. The van der Waals surface area contributed by atoms with Crippen LogP contribution in [0.3, 0.4) is 0 Å². The van der Waals surface area contributed by atoms with Crippen LogP contribution < -0.4 is 15.6 Å². The van der Waals surface area contributed by atoms with E-state index in [1.807, 2.05) is 0 Å². The average molecular weight is 377 g/mol. The van der Waals surface area contributed by atoms with E-state index in [0.717, 1.165) is 24.4 Å². The van der Waals surface area contributed by atoms with Crippen molar-refractivity contribution >= 4 is 23.6 Å². The molecule has 0 spiro atoms. The maximum absolute atomic E-state index is 12.5. The minimum Gasteiger partial charge on any atom is -0.494 e. The van der Waals surface area contributed by atoms with Crippen LogP contribution in [0.1, 0.15) is 18.3 Å². The van der Waals surface area contributed by atoms with Crippen LogP contribution in [-0.2, 0) is 11.2 Å². The van der Waals surface area contributed by atoms with Gasteiger partial charge < -0.3 is 15.0 Å². The summed E-state index contributed by atoms with van der Waals surface area (Å²) in [5.41, 5.74) is 0.368. The standard InChI is InChI=1S/C20H19N5O3/c26-19-5-1-4-18-23-13-16(25(18)19)20(27)24-14-6-8-15(9-7-14)28-12-2-3-17-21-10-11-22-17/h1,4-11,13,16H,2-3,12H2,(H,21,22)(H,24,27). The number of aryl methyl sites for hydroxylation is 1. The van der Waals surface area contributed by atoms with Crippen molar-refractivity contribution in [3.05, 3.63) is 71.0 Å². The maximum atomic E-state index is 12.5. The average Bonchev–Trinajstić information content (AvgIpc) is 3.37. The van der Waals surface area contributed by atoms with E-state index < -0.39 is 6.04 Å². The number of aromatic amines is 1. The van der Waals surface area contributed by atoms with Crippen molar-refractivity contribution in [3.63, 3.8) is 0 Å². The van der Waals surface area contributed by atoms with Crippen LogP contribution in [-0.4, -0.2) is 33.3 Å². The van der Waals surface area contributed by atoms with Crippen molar-refractivity contribution in [3.8, 4) is 5.75 Å². The molecule has 8 heteroatoms. The van der Waals surface area contributed by atoms with Crippen LogP contribution in [0.5, 0.6) is 5.75 Å². The second kappa shape index (κ2) is 7.91. The number of nitrogens with zero attached hydrogens (tertiary/aromatic N) is 3. The molecule has 0 saturated carbocycles. The van der Waals surface area contributed by atoms with Gasteiger partial charge in [-0.1, -0.05) is 6.07 Å². The third-order valence-corrected chi connectivity index (χ3v) is 4.37. The van der Waals surface area contributed by atoms with E-state index >= 15 is 0 Å². The van der Waals surface area contributed by atoms with Gasteiger partial charge >= 0.3 is 0 Å². The number of nitrogens with one attached hydrogen (secondary N) is 2. The van der Waals surface area contributed by atoms with Crippen LogP contribution in [0.15, 0.2) is 64.6 Å². The van der Waals surface area contributed by atoms with Gasteiger partial charge in [0.2, 0.25) is 0 Å². The normalized spacial score (nSPS) is 14.6. The van der Waals surface area contributed by atoms with E-state index in [1.54, 1.807) is 48.8 Å². The molecule has 1 atom stereocenters. The summed E-state index contributed by atoms with van der Waals surface area (Å²) < 4.78 is 7.07. The Bertz CT molecular complexity index is 1040. The first-order valence-corrected chi connectivity index (χ1v) is 8.98. The number of pyridine rings is 1. The van der Waals surface area contributed by atoms with E-state index in [0.29, 0.717) is 18.1 Å². The number of imidazole rings is 1. The van der Waals surface area contributed by atoms with Crippen molar-refractivity contribution in [1.29, 1.82) is 0 Å². The molecule has 2 N–H and O–H groups in total. The zero-order valence-corrected chi connectivity index (χ0v) is 15.0. The lowest BCUT2D eigenvalue weighted by atomic mass is 10.2. The Morgan fingerprint density at radius 2 is 2.07 bits per heavy atom. The minimum absolute atomic E-state index is 0.256. The maximum Gasteiger partial charge on any atom is 0.253 e. The van der Waals surface area contributed by atoms with Gasteiger partial charge in [0.15, 0.2) is 6.04 Å². The topological polar surface area (TPSA) is 101 Å². The Hall–Kier alpha value is -3.68. The monoisotopic (exact) mass is 377 g/mol. The second-order valence-corrected chi connectivity index (χ2v) is 6.32. The Morgan fingerprint density at radius 1 is 1.21 bits per heavy atom. The first kappa shape index (κ1) is 17.7. The molecule has 0 radical (unpaired) electrons. The zero-order valence-electron chi connectivity index (χ0n) is 15.0. The van der Waals surface area contributed by atoms with E-state index in [4.69, 9.17) is 4.74 Å². The van der Waals surface area contributed by atoms with Gasteiger partial charge in [-0.3, -0.25) is 14.2 Å². The number of carbonyl (C=O) groups is 1. The largest absolute Gasteiger partial charge is 0.494 e. The SMILES string of the molecule is O=C(Nc1ccc(OCCCc2ncc[nH]2)cc1)C1C=Nc2cccc(=O)n21. The molecule has 0 aliphatic carbocycles. The highest BCUT2D eigenvalue weighted by Crippen LogP contribution is 2.23. The summed E-state index contributed by atoms with van der Waals surface area (Å²) in [5.74, 6) is 1.83. The molecule has 142 valence electrons. The molecule has 28 heavy (non-hydrogen) atoms. The highest BCUT2D eigenvalue weighted by atomic mass is 16.5. The Kier molecular flexibility index (Phi) is 5.01. The number of aromatic nitrogens is 3. The summed E-state index contributed by atoms with van der Waals surface area (Å²) in [5, 5.41) is 2.81. The van der Waals surface area contributed by atoms with Crippen LogP contribution in [0, 0.1) is 0 Å². The summed E-state index contributed by atoms with van der Waals surface area (Å²) >= 11 is 0. The minimum atomic E-state index is -0.749. The van der Waals surface area contributed by atoms with Crippen LogP contribution in [0.4, 0.5) is 11.5 Å². The molecule has 1 aliphatic rings. The number of hydrogen-bond donors (Lipinski definition) is 2. The van der Waals surface area contributed by atoms with E-state index in [9.17, 15) is 9.59 Å². The van der Waals surface area contributed by atoms with Gasteiger partial charge in [-0.05, 0) is 36.8 Å². The number of carbonyl (C=O) groups excluding carboxylic acids is 1.